The first kappa shape index (κ1) is 20.6. The predicted octanol–water partition coefficient (Wildman–Crippen LogP) is 3.40. The van der Waals surface area contributed by atoms with Crippen LogP contribution < -0.4 is 4.74 Å². The van der Waals surface area contributed by atoms with Gasteiger partial charge in [-0.25, -0.2) is 0 Å². The summed E-state index contributed by atoms with van der Waals surface area (Å²) < 4.78 is 5.23. The van der Waals surface area contributed by atoms with Crippen molar-refractivity contribution in [3.8, 4) is 5.75 Å². The zero-order valence-electron chi connectivity index (χ0n) is 17.6. The second-order valence-corrected chi connectivity index (χ2v) is 7.72. The van der Waals surface area contributed by atoms with E-state index in [1.165, 1.54) is 0 Å². The molecule has 2 amide bonds. The fourth-order valence-corrected chi connectivity index (χ4v) is 3.95. The lowest BCUT2D eigenvalue weighted by molar-refractivity contribution is -0.130. The molecular weight excluding hydrogens is 392 g/mol. The van der Waals surface area contributed by atoms with E-state index in [9.17, 15) is 14.4 Å². The van der Waals surface area contributed by atoms with Gasteiger partial charge < -0.3 is 14.5 Å². The Morgan fingerprint density at radius 1 is 0.871 bits per heavy atom. The Kier molecular flexibility index (Phi) is 5.71. The summed E-state index contributed by atoms with van der Waals surface area (Å²) in [5.74, 6) is -0.394. The molecule has 3 aromatic carbocycles. The zero-order valence-corrected chi connectivity index (χ0v) is 17.6. The molecule has 0 N–H and O–H groups in total. The van der Waals surface area contributed by atoms with Gasteiger partial charge in [-0.05, 0) is 48.0 Å². The van der Waals surface area contributed by atoms with Crippen molar-refractivity contribution < 1.29 is 19.1 Å². The number of fused-ring (bicyclic) bond motifs is 1. The summed E-state index contributed by atoms with van der Waals surface area (Å²) in [4.78, 5) is 41.8. The Hall–Kier alpha value is -3.67. The van der Waals surface area contributed by atoms with Crippen LogP contribution in [-0.2, 0) is 4.79 Å². The molecule has 158 valence electrons. The van der Waals surface area contributed by atoms with Gasteiger partial charge in [-0.15, -0.1) is 0 Å². The Morgan fingerprint density at radius 3 is 2.29 bits per heavy atom. The predicted molar refractivity (Wildman–Crippen MR) is 118 cm³/mol. The van der Waals surface area contributed by atoms with Gasteiger partial charge in [0.15, 0.2) is 0 Å². The SMILES string of the molecule is COc1ccc2cc(C(=O)C(=O)N3CCN(C(=O)c4ccccc4)C[C@H]3C)ccc2c1. The number of Topliss-reactive ketones (excluding diaryl/α,β-unsaturated/α-hetero) is 1. The molecule has 0 spiro atoms. The van der Waals surface area contributed by atoms with E-state index in [1.807, 2.05) is 49.4 Å². The minimum absolute atomic E-state index is 0.0594. The van der Waals surface area contributed by atoms with Crippen molar-refractivity contribution >= 4 is 28.4 Å². The number of ketones is 1. The number of methoxy groups -OCH3 is 1. The Morgan fingerprint density at radius 2 is 1.58 bits per heavy atom. The van der Waals surface area contributed by atoms with Gasteiger partial charge in [-0.1, -0.05) is 36.4 Å². The van der Waals surface area contributed by atoms with E-state index in [2.05, 4.69) is 0 Å². The molecule has 1 aliphatic heterocycles. The number of hydrogen-bond donors (Lipinski definition) is 0. The molecule has 0 radical (unpaired) electrons. The van der Waals surface area contributed by atoms with Crippen LogP contribution in [0.4, 0.5) is 0 Å². The molecule has 6 heteroatoms. The van der Waals surface area contributed by atoms with Crippen molar-refractivity contribution in [1.29, 1.82) is 0 Å². The molecule has 0 saturated carbocycles. The summed E-state index contributed by atoms with van der Waals surface area (Å²) in [7, 11) is 1.60. The number of nitrogens with zero attached hydrogens (tertiary/aromatic N) is 2. The van der Waals surface area contributed by atoms with Crippen LogP contribution in [0.15, 0.2) is 66.7 Å². The molecule has 0 aromatic heterocycles. The third-order valence-electron chi connectivity index (χ3n) is 5.70. The summed E-state index contributed by atoms with van der Waals surface area (Å²) in [5, 5.41) is 1.80. The number of benzene rings is 3. The minimum atomic E-state index is -0.535. The number of rotatable bonds is 4. The molecule has 0 unspecified atom stereocenters. The maximum atomic E-state index is 12.9. The second-order valence-electron chi connectivity index (χ2n) is 7.72. The van der Waals surface area contributed by atoms with Crippen LogP contribution >= 0.6 is 0 Å². The molecule has 6 nitrogen and oxygen atoms in total. The molecule has 0 aliphatic carbocycles. The summed E-state index contributed by atoms with van der Waals surface area (Å²) in [6.07, 6.45) is 0. The van der Waals surface area contributed by atoms with Crippen molar-refractivity contribution in [3.05, 3.63) is 77.9 Å². The summed E-state index contributed by atoms with van der Waals surface area (Å²) in [5.41, 5.74) is 0.982. The van der Waals surface area contributed by atoms with E-state index < -0.39 is 11.7 Å². The highest BCUT2D eigenvalue weighted by atomic mass is 16.5. The van der Waals surface area contributed by atoms with Crippen LogP contribution in [0.5, 0.6) is 5.75 Å². The third kappa shape index (κ3) is 4.14. The van der Waals surface area contributed by atoms with Crippen LogP contribution in [0.1, 0.15) is 27.6 Å². The van der Waals surface area contributed by atoms with Gasteiger partial charge in [-0.2, -0.15) is 0 Å². The molecule has 1 aliphatic rings. The van der Waals surface area contributed by atoms with Gasteiger partial charge in [-0.3, -0.25) is 14.4 Å². The van der Waals surface area contributed by atoms with Crippen LogP contribution in [-0.4, -0.2) is 60.2 Å². The minimum Gasteiger partial charge on any atom is -0.497 e. The highest BCUT2D eigenvalue weighted by Gasteiger charge is 2.33. The third-order valence-corrected chi connectivity index (χ3v) is 5.70. The first-order chi connectivity index (χ1) is 15.0. The van der Waals surface area contributed by atoms with E-state index in [0.717, 1.165) is 16.5 Å². The molecule has 1 saturated heterocycles. The smallest absolute Gasteiger partial charge is 0.295 e. The van der Waals surface area contributed by atoms with Gasteiger partial charge in [0.1, 0.15) is 5.75 Å². The lowest BCUT2D eigenvalue weighted by Gasteiger charge is -2.39. The van der Waals surface area contributed by atoms with Crippen LogP contribution in [0.3, 0.4) is 0 Å². The van der Waals surface area contributed by atoms with Gasteiger partial charge in [0.2, 0.25) is 5.78 Å². The standard InChI is InChI=1S/C25H24N2O4/c1-17-16-26(24(29)18-6-4-3-5-7-18)12-13-27(17)25(30)23(28)21-9-8-20-15-22(31-2)11-10-19(20)14-21/h3-11,14-15,17H,12-13,16H2,1-2H3/t17-/m1/s1. The van der Waals surface area contributed by atoms with E-state index in [1.54, 1.807) is 41.2 Å². The molecule has 4 rings (SSSR count). The monoisotopic (exact) mass is 416 g/mol. The van der Waals surface area contributed by atoms with E-state index >= 15 is 0 Å². The number of ether oxygens (including phenoxy) is 1. The van der Waals surface area contributed by atoms with Crippen molar-refractivity contribution in [2.75, 3.05) is 26.7 Å². The normalized spacial score (nSPS) is 16.3. The molecule has 0 bridgehead atoms. The number of piperazine rings is 1. The average molecular weight is 416 g/mol. The fourth-order valence-electron chi connectivity index (χ4n) is 3.95. The zero-order chi connectivity index (χ0) is 22.0. The maximum Gasteiger partial charge on any atom is 0.295 e. The second kappa shape index (κ2) is 8.60. The first-order valence-corrected chi connectivity index (χ1v) is 10.3. The molecule has 1 fully saturated rings. The van der Waals surface area contributed by atoms with E-state index in [0.29, 0.717) is 30.8 Å². The highest BCUT2D eigenvalue weighted by molar-refractivity contribution is 6.43. The van der Waals surface area contributed by atoms with Gasteiger partial charge >= 0.3 is 0 Å². The summed E-state index contributed by atoms with van der Waals surface area (Å²) >= 11 is 0. The van der Waals surface area contributed by atoms with E-state index in [4.69, 9.17) is 4.74 Å². The van der Waals surface area contributed by atoms with Gasteiger partial charge in [0.25, 0.3) is 11.8 Å². The number of carbonyl (C=O) groups excluding carboxylic acids is 3. The van der Waals surface area contributed by atoms with Crippen molar-refractivity contribution in [3.63, 3.8) is 0 Å². The van der Waals surface area contributed by atoms with E-state index in [-0.39, 0.29) is 11.9 Å². The lowest BCUT2D eigenvalue weighted by Crippen LogP contribution is -2.56. The topological polar surface area (TPSA) is 66.9 Å². The first-order valence-electron chi connectivity index (χ1n) is 10.3. The average Bonchev–Trinajstić information content (AvgIpc) is 2.82. The largest absolute Gasteiger partial charge is 0.497 e. The van der Waals surface area contributed by atoms with Gasteiger partial charge in [0.05, 0.1) is 7.11 Å². The lowest BCUT2D eigenvalue weighted by atomic mass is 10.0. The molecule has 3 aromatic rings. The Labute approximate surface area is 181 Å². The summed E-state index contributed by atoms with van der Waals surface area (Å²) in [6, 6.07) is 19.6. The Balaban J connectivity index is 1.46. The van der Waals surface area contributed by atoms with Crippen LogP contribution in [0.2, 0.25) is 0 Å². The highest BCUT2D eigenvalue weighted by Crippen LogP contribution is 2.23. The number of amides is 2. The molecule has 31 heavy (non-hydrogen) atoms. The van der Waals surface area contributed by atoms with Crippen molar-refractivity contribution in [1.82, 2.24) is 9.80 Å². The molecule has 1 heterocycles. The fraction of sp³-hybridized carbons (Fsp3) is 0.240. The number of carbonyl (C=O) groups is 3. The van der Waals surface area contributed by atoms with Crippen LogP contribution in [0.25, 0.3) is 10.8 Å². The van der Waals surface area contributed by atoms with Crippen molar-refractivity contribution in [2.24, 2.45) is 0 Å². The number of hydrogen-bond acceptors (Lipinski definition) is 4. The maximum absolute atomic E-state index is 12.9. The quantitative estimate of drug-likeness (QED) is 0.483. The molecular formula is C25H24N2O4. The Bertz CT molecular complexity index is 1140. The summed E-state index contributed by atoms with van der Waals surface area (Å²) in [6.45, 7) is 2.98. The van der Waals surface area contributed by atoms with Gasteiger partial charge in [0, 0.05) is 36.8 Å². The molecule has 1 atom stereocenters. The van der Waals surface area contributed by atoms with Crippen LogP contribution in [0, 0.1) is 0 Å². The van der Waals surface area contributed by atoms with Crippen molar-refractivity contribution in [2.45, 2.75) is 13.0 Å².